The summed E-state index contributed by atoms with van der Waals surface area (Å²) in [6.45, 7) is 20.7. The van der Waals surface area contributed by atoms with Crippen molar-refractivity contribution in [2.75, 3.05) is 0 Å². The minimum absolute atomic E-state index is 0.806. The molecule has 0 aromatic heterocycles. The van der Waals surface area contributed by atoms with E-state index in [1.165, 1.54) is 231 Å². The van der Waals surface area contributed by atoms with Crippen molar-refractivity contribution < 1.29 is 0 Å². The van der Waals surface area contributed by atoms with Gasteiger partial charge in [-0.25, -0.2) is 0 Å². The molecule has 11 rings (SSSR count). The van der Waals surface area contributed by atoms with Crippen LogP contribution in [-0.2, 0) is 0 Å². The third-order valence-corrected chi connectivity index (χ3v) is 28.9. The quantitative estimate of drug-likeness (QED) is 0.0997. The van der Waals surface area contributed by atoms with Crippen LogP contribution in [0.3, 0.4) is 0 Å². The number of hydrogen-bond acceptors (Lipinski definition) is 2. The molecule has 480 valence electrons. The van der Waals surface area contributed by atoms with Crippen LogP contribution in [0.5, 0.6) is 0 Å². The molecule has 0 spiro atoms. The van der Waals surface area contributed by atoms with Crippen LogP contribution in [-0.4, -0.2) is 46.1 Å². The molecule has 0 aliphatic heterocycles. The Bertz CT molecular complexity index is 1720. The summed E-state index contributed by atoms with van der Waals surface area (Å²) in [7, 11) is 0. The van der Waals surface area contributed by atoms with E-state index in [4.69, 9.17) is 0 Å². The fourth-order valence-electron chi connectivity index (χ4n) is 24.7. The molecule has 11 aliphatic carbocycles. The summed E-state index contributed by atoms with van der Waals surface area (Å²) in [5.41, 5.74) is 0. The molecule has 11 fully saturated rings. The molecule has 0 radical (unpaired) electrons. The van der Waals surface area contributed by atoms with Gasteiger partial charge in [-0.2, -0.15) is 0 Å². The number of allylic oxidation sites excluding steroid dienone is 4. The summed E-state index contributed by atoms with van der Waals surface area (Å²) in [6.07, 6.45) is 77.2. The molecule has 0 heterocycles. The molecule has 12 unspecified atom stereocenters. The molecule has 11 aliphatic rings. The molecule has 0 amide bonds. The van der Waals surface area contributed by atoms with Gasteiger partial charge in [0.25, 0.3) is 0 Å². The maximum Gasteiger partial charge on any atom is 0.0164 e. The Morgan fingerprint density at radius 3 is 0.774 bits per heavy atom. The minimum atomic E-state index is 0.806. The number of fused-ring (bicyclic) bond motifs is 4. The van der Waals surface area contributed by atoms with Crippen LogP contribution in [0.1, 0.15) is 338 Å². The topological polar surface area (TPSA) is 6.48 Å². The zero-order valence-electron chi connectivity index (χ0n) is 57.3. The fourth-order valence-corrected chi connectivity index (χ4v) is 24.7. The number of rotatable bonds is 22. The Balaban J connectivity index is 1.03. The van der Waals surface area contributed by atoms with Crippen LogP contribution in [0.25, 0.3) is 0 Å². The van der Waals surface area contributed by atoms with Gasteiger partial charge in [-0.1, -0.05) is 208 Å². The summed E-state index contributed by atoms with van der Waals surface area (Å²) in [5, 5.41) is 0. The lowest BCUT2D eigenvalue weighted by Gasteiger charge is -2.68. The molecule has 0 N–H and O–H groups in total. The first-order valence-corrected chi connectivity index (χ1v) is 40.0. The lowest BCUT2D eigenvalue weighted by atomic mass is 9.47. The SMILES string of the molecule is CCCCC1CC(C)CC(CCCC)C1N(C1CCC(/C=C/C2CCC(C)CC2)CC1)C1C2CC3CCCCC3CC2C(N(C2CCC(/C=C/C3CCC(C)CC3)CC2)C2C(CCCC)CC(C)CC2CCCC)C2CC3CCCCC3CC21. The predicted octanol–water partition coefficient (Wildman–Crippen LogP) is 23.7. The Kier molecular flexibility index (Phi) is 24.4. The Morgan fingerprint density at radius 2 is 0.524 bits per heavy atom. The molecule has 0 aromatic carbocycles. The van der Waals surface area contributed by atoms with Crippen molar-refractivity contribution in [2.24, 2.45) is 118 Å². The van der Waals surface area contributed by atoms with Crippen LogP contribution in [0.2, 0.25) is 0 Å². The minimum Gasteiger partial charge on any atom is -0.293 e. The molecule has 2 heteroatoms. The summed E-state index contributed by atoms with van der Waals surface area (Å²) in [6, 6.07) is 4.92. The number of nitrogens with zero attached hydrogens (tertiary/aromatic N) is 2. The zero-order chi connectivity index (χ0) is 58.1. The van der Waals surface area contributed by atoms with Gasteiger partial charge in [-0.3, -0.25) is 9.80 Å². The first-order chi connectivity index (χ1) is 41.1. The molecular formula is C82H142N2. The van der Waals surface area contributed by atoms with Gasteiger partial charge in [-0.15, -0.1) is 0 Å². The van der Waals surface area contributed by atoms with E-state index in [1.54, 1.807) is 51.4 Å². The van der Waals surface area contributed by atoms with E-state index in [2.05, 4.69) is 89.5 Å². The summed E-state index contributed by atoms with van der Waals surface area (Å²) < 4.78 is 0. The van der Waals surface area contributed by atoms with E-state index in [0.717, 1.165) is 155 Å². The second-order valence-corrected chi connectivity index (χ2v) is 34.8. The van der Waals surface area contributed by atoms with Gasteiger partial charge >= 0.3 is 0 Å². The lowest BCUT2D eigenvalue weighted by molar-refractivity contribution is -0.190. The fraction of sp³-hybridized carbons (Fsp3) is 0.951. The predicted molar refractivity (Wildman–Crippen MR) is 363 cm³/mol. The molecule has 11 saturated carbocycles. The molecule has 0 bridgehead atoms. The smallest absolute Gasteiger partial charge is 0.0164 e. The maximum absolute atomic E-state index is 3.79. The van der Waals surface area contributed by atoms with Crippen molar-refractivity contribution in [1.82, 2.24) is 9.80 Å². The Hall–Kier alpha value is -0.600. The van der Waals surface area contributed by atoms with Crippen molar-refractivity contribution in [1.29, 1.82) is 0 Å². The molecule has 0 saturated heterocycles. The standard InChI is InChI=1S/C82H142N2/c1-9-13-21-69-49-59(7)50-70(22-14-10-2)79(69)83(73-45-41-63(42-46-73)39-37-61-33-29-57(5)30-34-61)81-75-53-65-25-17-19-27-67(65)55-77(75)82(78-56-68-28-20-18-26-66(68)54-76(78)81)84(80-71(23-15-11-3)51-60(8)52-72(80)24-16-12-4)74-47-43-64(44-48-74)40-38-62-35-31-58(6)32-36-62/h37-40,57-82H,9-36,41-56H2,1-8H3/b39-37+,40-38+. The number of unbranched alkanes of at least 4 members (excludes halogenated alkanes) is 4. The normalized spacial score (nSPS) is 46.0. The highest BCUT2D eigenvalue weighted by molar-refractivity contribution is 5.16. The van der Waals surface area contributed by atoms with Crippen molar-refractivity contribution >= 4 is 0 Å². The van der Waals surface area contributed by atoms with Gasteiger partial charge in [-0.05, 0) is 272 Å². The van der Waals surface area contributed by atoms with Crippen molar-refractivity contribution in [3.63, 3.8) is 0 Å². The maximum atomic E-state index is 3.79. The van der Waals surface area contributed by atoms with Gasteiger partial charge in [0.05, 0.1) is 0 Å². The van der Waals surface area contributed by atoms with Gasteiger partial charge < -0.3 is 0 Å². The van der Waals surface area contributed by atoms with Crippen molar-refractivity contribution in [2.45, 2.75) is 374 Å². The zero-order valence-corrected chi connectivity index (χ0v) is 57.3. The third-order valence-electron chi connectivity index (χ3n) is 28.9. The van der Waals surface area contributed by atoms with Crippen LogP contribution < -0.4 is 0 Å². The van der Waals surface area contributed by atoms with Gasteiger partial charge in [0.1, 0.15) is 0 Å². The highest BCUT2D eigenvalue weighted by Crippen LogP contribution is 2.63. The molecule has 2 nitrogen and oxygen atoms in total. The highest BCUT2D eigenvalue weighted by atomic mass is 15.3. The van der Waals surface area contributed by atoms with Gasteiger partial charge in [0, 0.05) is 36.3 Å². The molecule has 12 atom stereocenters. The van der Waals surface area contributed by atoms with E-state index >= 15 is 0 Å². The summed E-state index contributed by atoms with van der Waals surface area (Å²) in [4.78, 5) is 7.58. The third kappa shape index (κ3) is 15.6. The molecule has 0 aromatic rings. The second kappa shape index (κ2) is 31.6. The number of hydrogen-bond donors (Lipinski definition) is 0. The van der Waals surface area contributed by atoms with E-state index in [1.807, 2.05) is 0 Å². The van der Waals surface area contributed by atoms with Crippen LogP contribution in [0.4, 0.5) is 0 Å². The second-order valence-electron chi connectivity index (χ2n) is 34.8. The Labute approximate surface area is 523 Å². The lowest BCUT2D eigenvalue weighted by Crippen LogP contribution is -2.72. The van der Waals surface area contributed by atoms with E-state index in [0.29, 0.717) is 0 Å². The van der Waals surface area contributed by atoms with Gasteiger partial charge in [0.2, 0.25) is 0 Å². The van der Waals surface area contributed by atoms with Crippen molar-refractivity contribution in [3.05, 3.63) is 24.3 Å². The average Bonchev–Trinajstić information content (AvgIpc) is 1.51. The first-order valence-electron chi connectivity index (χ1n) is 40.0. The monoisotopic (exact) mass is 1160 g/mol. The van der Waals surface area contributed by atoms with Crippen LogP contribution in [0.15, 0.2) is 24.3 Å². The highest BCUT2D eigenvalue weighted by Gasteiger charge is 2.63. The largest absolute Gasteiger partial charge is 0.293 e. The van der Waals surface area contributed by atoms with E-state index in [9.17, 15) is 0 Å². The first kappa shape index (κ1) is 64.9. The molecule has 84 heavy (non-hydrogen) atoms. The summed E-state index contributed by atoms with van der Waals surface area (Å²) >= 11 is 0. The average molecular weight is 1160 g/mol. The van der Waals surface area contributed by atoms with Crippen LogP contribution >= 0.6 is 0 Å². The van der Waals surface area contributed by atoms with Gasteiger partial charge in [0.15, 0.2) is 0 Å². The van der Waals surface area contributed by atoms with E-state index in [-0.39, 0.29) is 0 Å². The van der Waals surface area contributed by atoms with E-state index < -0.39 is 0 Å². The van der Waals surface area contributed by atoms with Crippen LogP contribution in [0, 0.1) is 118 Å². The summed E-state index contributed by atoms with van der Waals surface area (Å²) in [5.74, 6) is 18.3. The Morgan fingerprint density at radius 1 is 0.274 bits per heavy atom. The van der Waals surface area contributed by atoms with Crippen molar-refractivity contribution in [3.8, 4) is 0 Å². The molecular weight excluding hydrogens is 1010 g/mol.